The second-order valence-corrected chi connectivity index (χ2v) is 6.70. The zero-order chi connectivity index (χ0) is 17.0. The third-order valence-corrected chi connectivity index (χ3v) is 3.17. The number of nitrogens with zero attached hydrogens (tertiary/aromatic N) is 1. The van der Waals surface area contributed by atoms with Gasteiger partial charge in [0.05, 0.1) is 5.56 Å². The van der Waals surface area contributed by atoms with E-state index in [2.05, 4.69) is 29.4 Å². The maximum absolute atomic E-state index is 12.7. The van der Waals surface area contributed by atoms with Crippen LogP contribution < -0.4 is 10.6 Å². The fourth-order valence-corrected chi connectivity index (χ4v) is 2.37. The summed E-state index contributed by atoms with van der Waals surface area (Å²) in [5.74, 6) is 0. The lowest BCUT2D eigenvalue weighted by Gasteiger charge is -2.29. The highest BCUT2D eigenvalue weighted by atomic mass is 32.1. The fraction of sp³-hybridized carbons (Fsp3) is 0.533. The molecule has 22 heavy (non-hydrogen) atoms. The molecule has 0 amide bonds. The molecular formula is C15H22F3N3S. The minimum atomic E-state index is -4.36. The van der Waals surface area contributed by atoms with Crippen LogP contribution in [0.1, 0.15) is 19.4 Å². The molecule has 1 aromatic rings. The summed E-state index contributed by atoms with van der Waals surface area (Å²) in [5.41, 5.74) is -0.394. The lowest BCUT2D eigenvalue weighted by Crippen LogP contribution is -2.41. The van der Waals surface area contributed by atoms with Gasteiger partial charge in [0.2, 0.25) is 0 Å². The van der Waals surface area contributed by atoms with Crippen LogP contribution >= 0.6 is 12.2 Å². The zero-order valence-electron chi connectivity index (χ0n) is 13.2. The Kier molecular flexibility index (Phi) is 6.19. The van der Waals surface area contributed by atoms with Crippen molar-refractivity contribution in [3.63, 3.8) is 0 Å². The number of halogens is 3. The molecule has 0 saturated carbocycles. The molecule has 0 bridgehead atoms. The van der Waals surface area contributed by atoms with E-state index in [1.54, 1.807) is 6.07 Å². The standard InChI is InChI=1S/C15H22F3N3S/c1-14(2,10-21(3)4)9-19-13(22)20-12-7-5-6-11(8-12)15(16,17)18/h5-8H,9-10H2,1-4H3,(H2,19,20,22). The van der Waals surface area contributed by atoms with Crippen LogP contribution in [0.25, 0.3) is 0 Å². The summed E-state index contributed by atoms with van der Waals surface area (Å²) < 4.78 is 38.0. The van der Waals surface area contributed by atoms with Gasteiger partial charge < -0.3 is 15.5 Å². The average Bonchev–Trinajstić information content (AvgIpc) is 2.34. The third kappa shape index (κ3) is 6.62. The molecule has 0 spiro atoms. The molecule has 0 fully saturated rings. The van der Waals surface area contributed by atoms with Crippen molar-refractivity contribution < 1.29 is 13.2 Å². The number of benzene rings is 1. The molecule has 2 N–H and O–H groups in total. The van der Waals surface area contributed by atoms with Gasteiger partial charge in [-0.05, 0) is 49.9 Å². The predicted octanol–water partition coefficient (Wildman–Crippen LogP) is 3.58. The van der Waals surface area contributed by atoms with Crippen molar-refractivity contribution in [2.75, 3.05) is 32.5 Å². The van der Waals surface area contributed by atoms with E-state index in [0.29, 0.717) is 17.3 Å². The number of rotatable bonds is 5. The minimum absolute atomic E-state index is 0.0109. The average molecular weight is 333 g/mol. The molecule has 0 atom stereocenters. The molecule has 0 aliphatic heterocycles. The molecular weight excluding hydrogens is 311 g/mol. The second-order valence-electron chi connectivity index (χ2n) is 6.29. The summed E-state index contributed by atoms with van der Waals surface area (Å²) in [7, 11) is 3.97. The van der Waals surface area contributed by atoms with E-state index in [0.717, 1.165) is 18.7 Å². The summed E-state index contributed by atoms with van der Waals surface area (Å²) in [4.78, 5) is 2.07. The van der Waals surface area contributed by atoms with Crippen LogP contribution in [0.5, 0.6) is 0 Å². The van der Waals surface area contributed by atoms with Gasteiger partial charge in [-0.3, -0.25) is 0 Å². The molecule has 3 nitrogen and oxygen atoms in total. The SMILES string of the molecule is CN(C)CC(C)(C)CNC(=S)Nc1cccc(C(F)(F)F)c1. The summed E-state index contributed by atoms with van der Waals surface area (Å²) in [6.45, 7) is 5.67. The number of hydrogen-bond acceptors (Lipinski definition) is 2. The first kappa shape index (κ1) is 18.7. The molecule has 0 heterocycles. The molecule has 0 radical (unpaired) electrons. The van der Waals surface area contributed by atoms with Crippen LogP contribution in [0.4, 0.5) is 18.9 Å². The van der Waals surface area contributed by atoms with Gasteiger partial charge in [-0.2, -0.15) is 13.2 Å². The monoisotopic (exact) mass is 333 g/mol. The van der Waals surface area contributed by atoms with Crippen molar-refractivity contribution in [1.82, 2.24) is 10.2 Å². The van der Waals surface area contributed by atoms with Crippen LogP contribution in [-0.4, -0.2) is 37.2 Å². The van der Waals surface area contributed by atoms with Gasteiger partial charge in [-0.1, -0.05) is 19.9 Å². The Morgan fingerprint density at radius 2 is 1.86 bits per heavy atom. The Balaban J connectivity index is 2.59. The number of nitrogens with one attached hydrogen (secondary N) is 2. The smallest absolute Gasteiger partial charge is 0.362 e. The van der Waals surface area contributed by atoms with E-state index in [1.807, 2.05) is 14.1 Å². The van der Waals surface area contributed by atoms with Crippen LogP contribution in [0.2, 0.25) is 0 Å². The van der Waals surface area contributed by atoms with Crippen LogP contribution in [0.3, 0.4) is 0 Å². The Bertz CT molecular complexity index is 513. The largest absolute Gasteiger partial charge is 0.416 e. The highest BCUT2D eigenvalue weighted by Crippen LogP contribution is 2.30. The van der Waals surface area contributed by atoms with Crippen molar-refractivity contribution in [3.8, 4) is 0 Å². The number of anilines is 1. The lowest BCUT2D eigenvalue weighted by atomic mass is 9.93. The number of hydrogen-bond donors (Lipinski definition) is 2. The van der Waals surface area contributed by atoms with E-state index < -0.39 is 11.7 Å². The first-order chi connectivity index (χ1) is 9.99. The first-order valence-electron chi connectivity index (χ1n) is 6.86. The molecule has 0 saturated heterocycles. The Morgan fingerprint density at radius 1 is 1.23 bits per heavy atom. The lowest BCUT2D eigenvalue weighted by molar-refractivity contribution is -0.137. The van der Waals surface area contributed by atoms with Crippen LogP contribution in [-0.2, 0) is 6.18 Å². The fourth-order valence-electron chi connectivity index (χ4n) is 2.18. The van der Waals surface area contributed by atoms with E-state index in [9.17, 15) is 13.2 Å². The first-order valence-corrected chi connectivity index (χ1v) is 7.27. The Morgan fingerprint density at radius 3 is 2.41 bits per heavy atom. The molecule has 0 aliphatic carbocycles. The van der Waals surface area contributed by atoms with Crippen molar-refractivity contribution in [1.29, 1.82) is 0 Å². The Hall–Kier alpha value is -1.34. The topological polar surface area (TPSA) is 27.3 Å². The predicted molar refractivity (Wildman–Crippen MR) is 88.0 cm³/mol. The van der Waals surface area contributed by atoms with Crippen molar-refractivity contribution >= 4 is 23.0 Å². The van der Waals surface area contributed by atoms with Gasteiger partial charge >= 0.3 is 6.18 Å². The van der Waals surface area contributed by atoms with Crippen LogP contribution in [0, 0.1) is 5.41 Å². The van der Waals surface area contributed by atoms with Gasteiger partial charge in [0.15, 0.2) is 5.11 Å². The second kappa shape index (κ2) is 7.28. The van der Waals surface area contributed by atoms with Crippen molar-refractivity contribution in [2.45, 2.75) is 20.0 Å². The van der Waals surface area contributed by atoms with E-state index in [-0.39, 0.29) is 5.41 Å². The quantitative estimate of drug-likeness (QED) is 0.806. The summed E-state index contributed by atoms with van der Waals surface area (Å²) in [5, 5.41) is 6.15. The van der Waals surface area contributed by atoms with E-state index in [1.165, 1.54) is 6.07 Å². The van der Waals surface area contributed by atoms with Gasteiger partial charge in [-0.25, -0.2) is 0 Å². The molecule has 0 aromatic heterocycles. The zero-order valence-corrected chi connectivity index (χ0v) is 14.0. The molecule has 7 heteroatoms. The summed E-state index contributed by atoms with van der Waals surface area (Å²) in [6, 6.07) is 4.97. The highest BCUT2D eigenvalue weighted by Gasteiger charge is 2.30. The van der Waals surface area contributed by atoms with Gasteiger partial charge in [0.25, 0.3) is 0 Å². The summed E-state index contributed by atoms with van der Waals surface area (Å²) >= 11 is 5.14. The van der Waals surface area contributed by atoms with Gasteiger partial charge in [0, 0.05) is 18.8 Å². The molecule has 0 aliphatic rings. The minimum Gasteiger partial charge on any atom is -0.362 e. The number of alkyl halides is 3. The van der Waals surface area contributed by atoms with Crippen molar-refractivity contribution in [2.24, 2.45) is 5.41 Å². The van der Waals surface area contributed by atoms with Gasteiger partial charge in [0.1, 0.15) is 0 Å². The number of thiocarbonyl (C=S) groups is 1. The molecule has 124 valence electrons. The van der Waals surface area contributed by atoms with Gasteiger partial charge in [-0.15, -0.1) is 0 Å². The maximum Gasteiger partial charge on any atom is 0.416 e. The molecule has 1 aromatic carbocycles. The van der Waals surface area contributed by atoms with E-state index >= 15 is 0 Å². The molecule has 0 unspecified atom stereocenters. The normalized spacial score (nSPS) is 12.4. The highest BCUT2D eigenvalue weighted by molar-refractivity contribution is 7.80. The van der Waals surface area contributed by atoms with E-state index in [4.69, 9.17) is 12.2 Å². The third-order valence-electron chi connectivity index (χ3n) is 2.92. The van der Waals surface area contributed by atoms with Crippen molar-refractivity contribution in [3.05, 3.63) is 29.8 Å². The maximum atomic E-state index is 12.7. The Labute approximate surface area is 134 Å². The summed E-state index contributed by atoms with van der Waals surface area (Å²) in [6.07, 6.45) is -4.36. The van der Waals surface area contributed by atoms with Crippen LogP contribution in [0.15, 0.2) is 24.3 Å². The molecule has 1 rings (SSSR count).